The van der Waals surface area contributed by atoms with Gasteiger partial charge in [-0.15, -0.1) is 0 Å². The number of hydrogen-bond acceptors (Lipinski definition) is 3. The Morgan fingerprint density at radius 2 is 1.95 bits per heavy atom. The number of carbonyl (C=O) groups is 1. The third-order valence-corrected chi connectivity index (χ3v) is 3.49. The third-order valence-electron chi connectivity index (χ3n) is 3.49. The molecule has 110 valence electrons. The van der Waals surface area contributed by atoms with Crippen molar-refractivity contribution in [3.8, 4) is 0 Å². The van der Waals surface area contributed by atoms with E-state index in [1.165, 1.54) is 5.56 Å². The standard InChI is InChI=1S/C16H24N2O2/c1-15(2,3)20-14(19)18-13(16(17)9-10-16)11-12-7-5-4-6-8-12/h4-8,13H,9-11,17H2,1-3H3,(H,18,19). The van der Waals surface area contributed by atoms with Crippen LogP contribution in [0.15, 0.2) is 30.3 Å². The van der Waals surface area contributed by atoms with E-state index in [1.807, 2.05) is 39.0 Å². The molecule has 20 heavy (non-hydrogen) atoms. The van der Waals surface area contributed by atoms with Crippen LogP contribution in [-0.2, 0) is 11.2 Å². The minimum Gasteiger partial charge on any atom is -0.444 e. The lowest BCUT2D eigenvalue weighted by Gasteiger charge is -2.27. The molecule has 1 aromatic carbocycles. The van der Waals surface area contributed by atoms with Crippen molar-refractivity contribution in [2.45, 2.75) is 57.2 Å². The maximum Gasteiger partial charge on any atom is 0.407 e. The second kappa shape index (κ2) is 5.44. The number of amides is 1. The molecule has 0 spiro atoms. The summed E-state index contributed by atoms with van der Waals surface area (Å²) in [5.74, 6) is 0. The first-order valence-corrected chi connectivity index (χ1v) is 7.11. The molecule has 0 aliphatic heterocycles. The van der Waals surface area contributed by atoms with Crippen molar-refractivity contribution in [3.63, 3.8) is 0 Å². The fourth-order valence-corrected chi connectivity index (χ4v) is 2.19. The number of ether oxygens (including phenoxy) is 1. The molecule has 1 atom stereocenters. The molecular formula is C16H24N2O2. The summed E-state index contributed by atoms with van der Waals surface area (Å²) in [4.78, 5) is 11.9. The van der Waals surface area contributed by atoms with Crippen molar-refractivity contribution in [3.05, 3.63) is 35.9 Å². The summed E-state index contributed by atoms with van der Waals surface area (Å²) in [6.45, 7) is 5.57. The minimum atomic E-state index is -0.493. The maximum absolute atomic E-state index is 11.9. The Kier molecular flexibility index (Phi) is 4.04. The summed E-state index contributed by atoms with van der Waals surface area (Å²) in [5.41, 5.74) is 6.67. The number of nitrogens with one attached hydrogen (secondary N) is 1. The number of carbonyl (C=O) groups excluding carboxylic acids is 1. The zero-order chi connectivity index (χ0) is 14.8. The summed E-state index contributed by atoms with van der Waals surface area (Å²) < 4.78 is 5.32. The number of rotatable bonds is 4. The van der Waals surface area contributed by atoms with Crippen molar-refractivity contribution >= 4 is 6.09 Å². The van der Waals surface area contributed by atoms with E-state index in [2.05, 4.69) is 17.4 Å². The van der Waals surface area contributed by atoms with Gasteiger partial charge in [0.1, 0.15) is 5.60 Å². The van der Waals surface area contributed by atoms with Crippen LogP contribution in [0.5, 0.6) is 0 Å². The Hall–Kier alpha value is -1.55. The van der Waals surface area contributed by atoms with E-state index in [1.54, 1.807) is 0 Å². The zero-order valence-corrected chi connectivity index (χ0v) is 12.5. The Bertz CT molecular complexity index is 461. The highest BCUT2D eigenvalue weighted by atomic mass is 16.6. The van der Waals surface area contributed by atoms with Gasteiger partial charge in [-0.05, 0) is 45.6 Å². The highest BCUT2D eigenvalue weighted by Gasteiger charge is 2.46. The van der Waals surface area contributed by atoms with Crippen molar-refractivity contribution in [2.75, 3.05) is 0 Å². The van der Waals surface area contributed by atoms with Gasteiger partial charge in [0.25, 0.3) is 0 Å². The molecule has 0 heterocycles. The lowest BCUT2D eigenvalue weighted by molar-refractivity contribution is 0.0493. The smallest absolute Gasteiger partial charge is 0.407 e. The normalized spacial score (nSPS) is 18.2. The molecule has 0 radical (unpaired) electrons. The van der Waals surface area contributed by atoms with Crippen molar-refractivity contribution in [1.29, 1.82) is 0 Å². The van der Waals surface area contributed by atoms with E-state index in [-0.39, 0.29) is 11.6 Å². The van der Waals surface area contributed by atoms with Gasteiger partial charge < -0.3 is 15.8 Å². The lowest BCUT2D eigenvalue weighted by atomic mass is 9.98. The third kappa shape index (κ3) is 4.23. The van der Waals surface area contributed by atoms with Gasteiger partial charge in [-0.2, -0.15) is 0 Å². The molecule has 1 unspecified atom stereocenters. The Morgan fingerprint density at radius 3 is 2.45 bits per heavy atom. The van der Waals surface area contributed by atoms with Gasteiger partial charge >= 0.3 is 6.09 Å². The summed E-state index contributed by atoms with van der Waals surface area (Å²) in [6.07, 6.45) is 2.23. The van der Waals surface area contributed by atoms with E-state index < -0.39 is 11.7 Å². The van der Waals surface area contributed by atoms with Gasteiger partial charge in [-0.25, -0.2) is 4.79 Å². The van der Waals surface area contributed by atoms with Gasteiger partial charge in [-0.1, -0.05) is 30.3 Å². The van der Waals surface area contributed by atoms with Crippen LogP contribution in [-0.4, -0.2) is 23.3 Å². The molecule has 4 heteroatoms. The fourth-order valence-electron chi connectivity index (χ4n) is 2.19. The molecule has 1 aliphatic rings. The first-order chi connectivity index (χ1) is 9.28. The molecule has 0 aromatic heterocycles. The highest BCUT2D eigenvalue weighted by Crippen LogP contribution is 2.37. The minimum absolute atomic E-state index is 0.0836. The Labute approximate surface area is 120 Å². The fraction of sp³-hybridized carbons (Fsp3) is 0.562. The molecule has 1 aromatic rings. The first kappa shape index (κ1) is 14.9. The first-order valence-electron chi connectivity index (χ1n) is 7.11. The van der Waals surface area contributed by atoms with E-state index in [9.17, 15) is 4.79 Å². The molecule has 0 bridgehead atoms. The van der Waals surface area contributed by atoms with Crippen LogP contribution in [0.1, 0.15) is 39.2 Å². The molecule has 1 amide bonds. The monoisotopic (exact) mass is 276 g/mol. The van der Waals surface area contributed by atoms with E-state index in [4.69, 9.17) is 10.5 Å². The number of benzene rings is 1. The largest absolute Gasteiger partial charge is 0.444 e. The number of hydrogen-bond donors (Lipinski definition) is 2. The van der Waals surface area contributed by atoms with Gasteiger partial charge in [0.15, 0.2) is 0 Å². The second-order valence-electron chi connectivity index (χ2n) is 6.62. The van der Waals surface area contributed by atoms with Crippen LogP contribution in [0.25, 0.3) is 0 Å². The lowest BCUT2D eigenvalue weighted by Crippen LogP contribution is -2.52. The van der Waals surface area contributed by atoms with Crippen molar-refractivity contribution < 1.29 is 9.53 Å². The predicted molar refractivity (Wildman–Crippen MR) is 79.5 cm³/mol. The van der Waals surface area contributed by atoms with E-state index >= 15 is 0 Å². The van der Waals surface area contributed by atoms with Crippen LogP contribution in [0.4, 0.5) is 4.79 Å². The van der Waals surface area contributed by atoms with Crippen LogP contribution in [0.3, 0.4) is 0 Å². The van der Waals surface area contributed by atoms with Crippen LogP contribution >= 0.6 is 0 Å². The maximum atomic E-state index is 11.9. The van der Waals surface area contributed by atoms with Crippen LogP contribution in [0.2, 0.25) is 0 Å². The second-order valence-corrected chi connectivity index (χ2v) is 6.62. The average molecular weight is 276 g/mol. The SMILES string of the molecule is CC(C)(C)OC(=O)NC(Cc1ccccc1)C1(N)CC1. The molecule has 2 rings (SSSR count). The van der Waals surface area contributed by atoms with Crippen LogP contribution in [0, 0.1) is 0 Å². The molecule has 0 saturated heterocycles. The number of nitrogens with two attached hydrogens (primary N) is 1. The molecule has 4 nitrogen and oxygen atoms in total. The summed E-state index contributed by atoms with van der Waals surface area (Å²) in [6, 6.07) is 9.99. The topological polar surface area (TPSA) is 64.3 Å². The van der Waals surface area contributed by atoms with Crippen molar-refractivity contribution in [2.24, 2.45) is 5.73 Å². The van der Waals surface area contributed by atoms with Gasteiger partial charge in [0.05, 0.1) is 6.04 Å². The Balaban J connectivity index is 2.00. The highest BCUT2D eigenvalue weighted by molar-refractivity contribution is 5.68. The molecule has 3 N–H and O–H groups in total. The van der Waals surface area contributed by atoms with E-state index in [0.29, 0.717) is 0 Å². The molecule has 1 fully saturated rings. The summed E-state index contributed by atoms with van der Waals surface area (Å²) >= 11 is 0. The van der Waals surface area contributed by atoms with Gasteiger partial charge in [-0.3, -0.25) is 0 Å². The molecular weight excluding hydrogens is 252 g/mol. The zero-order valence-electron chi connectivity index (χ0n) is 12.5. The van der Waals surface area contributed by atoms with Crippen molar-refractivity contribution in [1.82, 2.24) is 5.32 Å². The molecule has 1 saturated carbocycles. The number of alkyl carbamates (subject to hydrolysis) is 1. The quantitative estimate of drug-likeness (QED) is 0.888. The molecule has 1 aliphatic carbocycles. The summed E-state index contributed by atoms with van der Waals surface area (Å²) in [5, 5.41) is 2.94. The predicted octanol–water partition coefficient (Wildman–Crippen LogP) is 2.61. The van der Waals surface area contributed by atoms with Gasteiger partial charge in [0.2, 0.25) is 0 Å². The Morgan fingerprint density at radius 1 is 1.35 bits per heavy atom. The van der Waals surface area contributed by atoms with Gasteiger partial charge in [0, 0.05) is 5.54 Å². The average Bonchev–Trinajstić information content (AvgIpc) is 3.07. The van der Waals surface area contributed by atoms with Crippen LogP contribution < -0.4 is 11.1 Å². The van der Waals surface area contributed by atoms with E-state index in [0.717, 1.165) is 19.3 Å². The summed E-state index contributed by atoms with van der Waals surface area (Å²) in [7, 11) is 0.